The lowest BCUT2D eigenvalue weighted by molar-refractivity contribution is 0.223. The van der Waals surface area contributed by atoms with Crippen molar-refractivity contribution in [3.05, 3.63) is 29.8 Å². The topological polar surface area (TPSA) is 48.9 Å². The number of rotatable bonds is 8. The zero-order chi connectivity index (χ0) is 17.2. The molecule has 1 heterocycles. The van der Waals surface area contributed by atoms with Crippen molar-refractivity contribution >= 4 is 5.96 Å². The summed E-state index contributed by atoms with van der Waals surface area (Å²) in [5.41, 5.74) is 1.21. The van der Waals surface area contributed by atoms with Crippen molar-refractivity contribution in [1.82, 2.24) is 15.5 Å². The summed E-state index contributed by atoms with van der Waals surface area (Å²) >= 11 is 0. The van der Waals surface area contributed by atoms with Gasteiger partial charge in [0.2, 0.25) is 0 Å². The number of ether oxygens (including phenoxy) is 1. The molecule has 2 rings (SSSR count). The van der Waals surface area contributed by atoms with Crippen LogP contribution >= 0.6 is 0 Å². The third-order valence-electron chi connectivity index (χ3n) is 4.25. The van der Waals surface area contributed by atoms with Gasteiger partial charge in [0.1, 0.15) is 11.9 Å². The SMILES string of the molecule is CN=C(NCCCN1CCCC1)NCC(C)Oc1cccc(C)c1. The lowest BCUT2D eigenvalue weighted by Gasteiger charge is -2.19. The second-order valence-corrected chi connectivity index (χ2v) is 6.53. The van der Waals surface area contributed by atoms with Gasteiger partial charge >= 0.3 is 0 Å². The van der Waals surface area contributed by atoms with Gasteiger partial charge in [-0.25, -0.2) is 0 Å². The minimum atomic E-state index is 0.0787. The van der Waals surface area contributed by atoms with Crippen LogP contribution in [0.2, 0.25) is 0 Å². The molecule has 0 amide bonds. The molecule has 5 nitrogen and oxygen atoms in total. The van der Waals surface area contributed by atoms with Crippen LogP contribution in [0.3, 0.4) is 0 Å². The molecule has 0 spiro atoms. The Balaban J connectivity index is 1.61. The van der Waals surface area contributed by atoms with Gasteiger partial charge in [0.05, 0.1) is 6.54 Å². The monoisotopic (exact) mass is 332 g/mol. The molecule has 0 aromatic heterocycles. The molecule has 1 unspecified atom stereocenters. The number of aryl methyl sites for hydroxylation is 1. The molecular weight excluding hydrogens is 300 g/mol. The first-order valence-corrected chi connectivity index (χ1v) is 9.07. The predicted octanol–water partition coefficient (Wildman–Crippen LogP) is 2.41. The van der Waals surface area contributed by atoms with Crippen molar-refractivity contribution in [2.75, 3.05) is 39.8 Å². The van der Waals surface area contributed by atoms with Crippen LogP contribution in [0.1, 0.15) is 31.7 Å². The summed E-state index contributed by atoms with van der Waals surface area (Å²) < 4.78 is 5.93. The van der Waals surface area contributed by atoms with Crippen molar-refractivity contribution in [3.8, 4) is 5.75 Å². The number of benzene rings is 1. The van der Waals surface area contributed by atoms with Gasteiger partial charge in [-0.05, 0) is 70.4 Å². The Labute approximate surface area is 146 Å². The standard InChI is InChI=1S/C19H32N4O/c1-16-8-6-9-18(14-16)24-17(2)15-22-19(20-3)21-10-7-13-23-11-4-5-12-23/h6,8-9,14,17H,4-5,7,10-13,15H2,1-3H3,(H2,20,21,22). The third kappa shape index (κ3) is 6.79. The first-order valence-electron chi connectivity index (χ1n) is 9.07. The molecule has 1 aromatic carbocycles. The van der Waals surface area contributed by atoms with Crippen molar-refractivity contribution in [3.63, 3.8) is 0 Å². The molecule has 1 aliphatic heterocycles. The van der Waals surface area contributed by atoms with E-state index in [1.165, 1.54) is 38.0 Å². The van der Waals surface area contributed by atoms with Crippen LogP contribution in [0.15, 0.2) is 29.3 Å². The van der Waals surface area contributed by atoms with E-state index in [4.69, 9.17) is 4.74 Å². The maximum atomic E-state index is 5.93. The number of nitrogens with one attached hydrogen (secondary N) is 2. The van der Waals surface area contributed by atoms with E-state index in [-0.39, 0.29) is 6.10 Å². The van der Waals surface area contributed by atoms with E-state index >= 15 is 0 Å². The molecule has 1 fully saturated rings. The summed E-state index contributed by atoms with van der Waals surface area (Å²) in [5, 5.41) is 6.71. The Morgan fingerprint density at radius 2 is 2.08 bits per heavy atom. The normalized spacial score (nSPS) is 16.9. The summed E-state index contributed by atoms with van der Waals surface area (Å²) in [6.45, 7) is 9.52. The molecule has 0 bridgehead atoms. The second kappa shape index (κ2) is 10.2. The van der Waals surface area contributed by atoms with Crippen LogP contribution < -0.4 is 15.4 Å². The lowest BCUT2D eigenvalue weighted by atomic mass is 10.2. The van der Waals surface area contributed by atoms with Crippen LogP contribution in [0, 0.1) is 6.92 Å². The number of nitrogens with zero attached hydrogens (tertiary/aromatic N) is 2. The average molecular weight is 332 g/mol. The number of hydrogen-bond acceptors (Lipinski definition) is 3. The zero-order valence-electron chi connectivity index (χ0n) is 15.3. The number of likely N-dealkylation sites (tertiary alicyclic amines) is 1. The molecule has 1 aromatic rings. The van der Waals surface area contributed by atoms with E-state index in [0.717, 1.165) is 31.2 Å². The van der Waals surface area contributed by atoms with Crippen molar-refractivity contribution in [1.29, 1.82) is 0 Å². The molecule has 24 heavy (non-hydrogen) atoms. The minimum absolute atomic E-state index is 0.0787. The highest BCUT2D eigenvalue weighted by molar-refractivity contribution is 5.79. The van der Waals surface area contributed by atoms with Gasteiger partial charge in [-0.1, -0.05) is 12.1 Å². The quantitative estimate of drug-likeness (QED) is 0.436. The molecule has 5 heteroatoms. The summed E-state index contributed by atoms with van der Waals surface area (Å²) in [5.74, 6) is 1.76. The van der Waals surface area contributed by atoms with E-state index in [1.54, 1.807) is 0 Å². The van der Waals surface area contributed by atoms with Gasteiger partial charge in [-0.3, -0.25) is 4.99 Å². The van der Waals surface area contributed by atoms with Gasteiger partial charge in [-0.15, -0.1) is 0 Å². The summed E-state index contributed by atoms with van der Waals surface area (Å²) in [6.07, 6.45) is 3.94. The Morgan fingerprint density at radius 3 is 2.79 bits per heavy atom. The second-order valence-electron chi connectivity index (χ2n) is 6.53. The highest BCUT2D eigenvalue weighted by Gasteiger charge is 2.10. The van der Waals surface area contributed by atoms with Gasteiger partial charge in [0.15, 0.2) is 5.96 Å². The molecule has 0 aliphatic carbocycles. The average Bonchev–Trinajstić information content (AvgIpc) is 3.07. The number of guanidine groups is 1. The Bertz CT molecular complexity index is 512. The molecule has 0 saturated carbocycles. The van der Waals surface area contributed by atoms with Crippen LogP contribution in [0.5, 0.6) is 5.75 Å². The predicted molar refractivity (Wildman–Crippen MR) is 101 cm³/mol. The molecular formula is C19H32N4O. The first-order chi connectivity index (χ1) is 11.7. The van der Waals surface area contributed by atoms with E-state index in [1.807, 2.05) is 19.2 Å². The lowest BCUT2D eigenvalue weighted by Crippen LogP contribution is -2.42. The third-order valence-corrected chi connectivity index (χ3v) is 4.25. The summed E-state index contributed by atoms with van der Waals surface area (Å²) in [6, 6.07) is 8.15. The summed E-state index contributed by atoms with van der Waals surface area (Å²) in [7, 11) is 1.81. The highest BCUT2D eigenvalue weighted by atomic mass is 16.5. The van der Waals surface area contributed by atoms with Crippen molar-refractivity contribution in [2.45, 2.75) is 39.2 Å². The molecule has 1 aliphatic rings. The molecule has 134 valence electrons. The maximum absolute atomic E-state index is 5.93. The molecule has 2 N–H and O–H groups in total. The molecule has 1 saturated heterocycles. The maximum Gasteiger partial charge on any atom is 0.191 e. The number of hydrogen-bond donors (Lipinski definition) is 2. The number of aliphatic imine (C=N–C) groups is 1. The smallest absolute Gasteiger partial charge is 0.191 e. The highest BCUT2D eigenvalue weighted by Crippen LogP contribution is 2.13. The van der Waals surface area contributed by atoms with Gasteiger partial charge in [0, 0.05) is 13.6 Å². The van der Waals surface area contributed by atoms with Crippen LogP contribution in [0.4, 0.5) is 0 Å². The first kappa shape index (κ1) is 18.6. The van der Waals surface area contributed by atoms with E-state index < -0.39 is 0 Å². The largest absolute Gasteiger partial charge is 0.489 e. The van der Waals surface area contributed by atoms with Crippen molar-refractivity contribution < 1.29 is 4.74 Å². The molecule has 1 atom stereocenters. The van der Waals surface area contributed by atoms with Crippen LogP contribution in [-0.4, -0.2) is 56.7 Å². The fourth-order valence-corrected chi connectivity index (χ4v) is 2.94. The minimum Gasteiger partial charge on any atom is -0.489 e. The fraction of sp³-hybridized carbons (Fsp3) is 0.632. The van der Waals surface area contributed by atoms with E-state index in [0.29, 0.717) is 0 Å². The Hall–Kier alpha value is -1.75. The van der Waals surface area contributed by atoms with E-state index in [9.17, 15) is 0 Å². The molecule has 0 radical (unpaired) electrons. The van der Waals surface area contributed by atoms with E-state index in [2.05, 4.69) is 46.5 Å². The fourth-order valence-electron chi connectivity index (χ4n) is 2.94. The Morgan fingerprint density at radius 1 is 1.29 bits per heavy atom. The van der Waals surface area contributed by atoms with Gasteiger partial charge < -0.3 is 20.3 Å². The van der Waals surface area contributed by atoms with Crippen LogP contribution in [-0.2, 0) is 0 Å². The van der Waals surface area contributed by atoms with Gasteiger partial charge in [0.25, 0.3) is 0 Å². The van der Waals surface area contributed by atoms with Gasteiger partial charge in [-0.2, -0.15) is 0 Å². The Kier molecular flexibility index (Phi) is 7.89. The van der Waals surface area contributed by atoms with Crippen molar-refractivity contribution in [2.24, 2.45) is 4.99 Å². The summed E-state index contributed by atoms with van der Waals surface area (Å²) in [4.78, 5) is 6.81. The zero-order valence-corrected chi connectivity index (χ0v) is 15.3. The van der Waals surface area contributed by atoms with Crippen LogP contribution in [0.25, 0.3) is 0 Å².